The van der Waals surface area contributed by atoms with Gasteiger partial charge in [0.25, 0.3) is 5.91 Å². The van der Waals surface area contributed by atoms with Gasteiger partial charge in [0.05, 0.1) is 23.1 Å². The number of nitrogens with zero attached hydrogens (tertiary/aromatic N) is 1. The number of fused-ring (bicyclic) bond motifs is 1. The first kappa shape index (κ1) is 14.8. The smallest absolute Gasteiger partial charge is 0.257 e. The third-order valence-corrected chi connectivity index (χ3v) is 4.31. The molecule has 0 bridgehead atoms. The maximum atomic E-state index is 13.8. The van der Waals surface area contributed by atoms with E-state index in [0.29, 0.717) is 15.8 Å². The molecular formula is C16H16FN3OS. The van der Waals surface area contributed by atoms with Gasteiger partial charge in [0.2, 0.25) is 0 Å². The third-order valence-electron chi connectivity index (χ3n) is 4.11. The number of amides is 1. The lowest BCUT2D eigenvalue weighted by atomic mass is 10.1. The van der Waals surface area contributed by atoms with Crippen molar-refractivity contribution in [1.29, 1.82) is 0 Å². The molecule has 2 N–H and O–H groups in total. The van der Waals surface area contributed by atoms with Gasteiger partial charge in [-0.15, -0.1) is 6.42 Å². The quantitative estimate of drug-likeness (QED) is 0.673. The van der Waals surface area contributed by atoms with Gasteiger partial charge in [-0.3, -0.25) is 4.79 Å². The number of halogens is 1. The number of H-pyrrole nitrogens is 2. The van der Waals surface area contributed by atoms with Gasteiger partial charge in [-0.2, -0.15) is 0 Å². The first-order valence-corrected chi connectivity index (χ1v) is 7.67. The fourth-order valence-electron chi connectivity index (χ4n) is 3.11. The number of rotatable bonds is 3. The number of terminal acetylenes is 1. The molecule has 1 fully saturated rings. The van der Waals surface area contributed by atoms with E-state index in [4.69, 9.17) is 18.6 Å². The van der Waals surface area contributed by atoms with Crippen LogP contribution >= 0.6 is 12.2 Å². The van der Waals surface area contributed by atoms with E-state index >= 15 is 0 Å². The van der Waals surface area contributed by atoms with Crippen LogP contribution in [-0.2, 0) is 0 Å². The number of benzene rings is 1. The molecule has 0 unspecified atom stereocenters. The molecule has 4 nitrogen and oxygen atoms in total. The normalized spacial score (nSPS) is 15.1. The van der Waals surface area contributed by atoms with Crippen LogP contribution in [0.5, 0.6) is 0 Å². The number of hydrogen-bond acceptors (Lipinski definition) is 2. The summed E-state index contributed by atoms with van der Waals surface area (Å²) in [5.41, 5.74) is 1.28. The monoisotopic (exact) mass is 317 g/mol. The minimum Gasteiger partial charge on any atom is -0.331 e. The highest BCUT2D eigenvalue weighted by Crippen LogP contribution is 2.26. The molecule has 0 spiro atoms. The van der Waals surface area contributed by atoms with Crippen LogP contribution < -0.4 is 0 Å². The van der Waals surface area contributed by atoms with Crippen molar-refractivity contribution >= 4 is 29.2 Å². The van der Waals surface area contributed by atoms with Gasteiger partial charge in [0.1, 0.15) is 5.82 Å². The lowest BCUT2D eigenvalue weighted by Crippen LogP contribution is -2.39. The van der Waals surface area contributed by atoms with Crippen molar-refractivity contribution in [3.05, 3.63) is 28.3 Å². The summed E-state index contributed by atoms with van der Waals surface area (Å²) in [6.07, 6.45) is 9.46. The van der Waals surface area contributed by atoms with E-state index in [1.54, 1.807) is 4.90 Å². The Balaban J connectivity index is 2.06. The number of carbonyl (C=O) groups is 1. The Labute approximate surface area is 132 Å². The molecule has 2 aromatic rings. The summed E-state index contributed by atoms with van der Waals surface area (Å²) < 4.78 is 14.2. The van der Waals surface area contributed by atoms with E-state index in [-0.39, 0.29) is 24.1 Å². The third kappa shape index (κ3) is 2.64. The minimum absolute atomic E-state index is 0.129. The van der Waals surface area contributed by atoms with Crippen LogP contribution in [0.25, 0.3) is 11.0 Å². The fourth-order valence-corrected chi connectivity index (χ4v) is 3.32. The molecule has 1 saturated carbocycles. The van der Waals surface area contributed by atoms with Crippen molar-refractivity contribution in [3.63, 3.8) is 0 Å². The molecule has 1 aromatic carbocycles. The van der Waals surface area contributed by atoms with Gasteiger partial charge in [-0.1, -0.05) is 18.8 Å². The van der Waals surface area contributed by atoms with Gasteiger partial charge in [0, 0.05) is 6.04 Å². The van der Waals surface area contributed by atoms with E-state index in [0.717, 1.165) is 25.7 Å². The number of hydrogen-bond donors (Lipinski definition) is 2. The zero-order chi connectivity index (χ0) is 15.7. The van der Waals surface area contributed by atoms with E-state index in [9.17, 15) is 9.18 Å². The Morgan fingerprint density at radius 1 is 1.41 bits per heavy atom. The molecule has 114 valence electrons. The minimum atomic E-state index is -0.479. The first-order valence-electron chi connectivity index (χ1n) is 7.26. The summed E-state index contributed by atoms with van der Waals surface area (Å²) in [7, 11) is 0. The zero-order valence-corrected chi connectivity index (χ0v) is 12.8. The second-order valence-corrected chi connectivity index (χ2v) is 5.94. The lowest BCUT2D eigenvalue weighted by molar-refractivity contribution is 0.0712. The standard InChI is InChI=1S/C16H16FN3OS/c1-2-7-20(11-5-3-4-6-11)15(21)12-8-10(17)9-13-14(12)19-16(22)18-13/h1,8-9,11H,3-7H2,(H2,18,19,22). The highest BCUT2D eigenvalue weighted by atomic mass is 32.1. The Bertz CT molecular complexity index is 811. The summed E-state index contributed by atoms with van der Waals surface area (Å²) in [4.78, 5) is 20.3. The van der Waals surface area contributed by atoms with E-state index < -0.39 is 5.82 Å². The average molecular weight is 317 g/mol. The van der Waals surface area contributed by atoms with Crippen LogP contribution in [-0.4, -0.2) is 33.4 Å². The van der Waals surface area contributed by atoms with Crippen LogP contribution in [0, 0.1) is 22.9 Å². The van der Waals surface area contributed by atoms with Crippen molar-refractivity contribution in [3.8, 4) is 12.3 Å². The summed E-state index contributed by atoms with van der Waals surface area (Å²) in [5.74, 6) is 1.81. The van der Waals surface area contributed by atoms with Crippen LogP contribution in [0.15, 0.2) is 12.1 Å². The summed E-state index contributed by atoms with van der Waals surface area (Å²) in [6.45, 7) is 0.229. The Morgan fingerprint density at radius 3 is 2.82 bits per heavy atom. The second kappa shape index (κ2) is 5.93. The number of imidazole rings is 1. The van der Waals surface area contributed by atoms with E-state index in [2.05, 4.69) is 15.9 Å². The van der Waals surface area contributed by atoms with Crippen molar-refractivity contribution < 1.29 is 9.18 Å². The molecule has 0 aliphatic heterocycles. The highest BCUT2D eigenvalue weighted by Gasteiger charge is 2.28. The molecule has 22 heavy (non-hydrogen) atoms. The van der Waals surface area contributed by atoms with Gasteiger partial charge >= 0.3 is 0 Å². The van der Waals surface area contributed by atoms with Gasteiger partial charge in [-0.25, -0.2) is 4.39 Å². The molecule has 6 heteroatoms. The van der Waals surface area contributed by atoms with Crippen LogP contribution in [0.2, 0.25) is 0 Å². The molecule has 0 radical (unpaired) electrons. The molecule has 3 rings (SSSR count). The molecule has 1 aromatic heterocycles. The van der Waals surface area contributed by atoms with Crippen molar-refractivity contribution in [2.75, 3.05) is 6.54 Å². The number of aromatic nitrogens is 2. The molecule has 0 saturated heterocycles. The Kier molecular flexibility index (Phi) is 3.99. The predicted octanol–water partition coefficient (Wildman–Crippen LogP) is 3.38. The maximum Gasteiger partial charge on any atom is 0.257 e. The van der Waals surface area contributed by atoms with Gasteiger partial charge in [0.15, 0.2) is 4.77 Å². The second-order valence-electron chi connectivity index (χ2n) is 5.53. The largest absolute Gasteiger partial charge is 0.331 e. The predicted molar refractivity (Wildman–Crippen MR) is 85.6 cm³/mol. The summed E-state index contributed by atoms with van der Waals surface area (Å²) in [6, 6.07) is 2.69. The van der Waals surface area contributed by atoms with Crippen LogP contribution in [0.4, 0.5) is 4.39 Å². The molecule has 0 atom stereocenters. The average Bonchev–Trinajstić information content (AvgIpc) is 3.11. The molecule has 1 amide bonds. The fraction of sp³-hybridized carbons (Fsp3) is 0.375. The van der Waals surface area contributed by atoms with E-state index in [1.807, 2.05) is 0 Å². The molecule has 1 heterocycles. The van der Waals surface area contributed by atoms with Gasteiger partial charge < -0.3 is 14.9 Å². The lowest BCUT2D eigenvalue weighted by Gasteiger charge is -2.27. The first-order chi connectivity index (χ1) is 10.6. The number of nitrogens with one attached hydrogen (secondary N) is 2. The van der Waals surface area contributed by atoms with Gasteiger partial charge in [-0.05, 0) is 37.2 Å². The Morgan fingerprint density at radius 2 is 2.14 bits per heavy atom. The number of carbonyl (C=O) groups excluding carboxylic acids is 1. The topological polar surface area (TPSA) is 51.9 Å². The summed E-state index contributed by atoms with van der Waals surface area (Å²) in [5, 5.41) is 0. The van der Waals surface area contributed by atoms with Crippen molar-refractivity contribution in [1.82, 2.24) is 14.9 Å². The zero-order valence-electron chi connectivity index (χ0n) is 12.0. The summed E-state index contributed by atoms with van der Waals surface area (Å²) >= 11 is 5.04. The number of aromatic amines is 2. The highest BCUT2D eigenvalue weighted by molar-refractivity contribution is 7.71. The SMILES string of the molecule is C#CCN(C(=O)c1cc(F)cc2[nH]c(=S)[nH]c12)C1CCCC1. The van der Waals surface area contributed by atoms with E-state index in [1.165, 1.54) is 12.1 Å². The van der Waals surface area contributed by atoms with Crippen molar-refractivity contribution in [2.24, 2.45) is 0 Å². The van der Waals surface area contributed by atoms with Crippen molar-refractivity contribution in [2.45, 2.75) is 31.7 Å². The van der Waals surface area contributed by atoms with Crippen LogP contribution in [0.3, 0.4) is 0 Å². The molecular weight excluding hydrogens is 301 g/mol. The molecule has 1 aliphatic carbocycles. The molecule has 1 aliphatic rings. The maximum absolute atomic E-state index is 13.8. The Hall–Kier alpha value is -2.13. The van der Waals surface area contributed by atoms with Crippen LogP contribution in [0.1, 0.15) is 36.0 Å².